The molecule has 0 aliphatic heterocycles. The molecule has 1 saturated carbocycles. The van der Waals surface area contributed by atoms with Gasteiger partial charge in [0.05, 0.1) is 6.20 Å². The molecule has 0 bridgehead atoms. The Morgan fingerprint density at radius 2 is 2.33 bits per heavy atom. The molecule has 96 valence electrons. The van der Waals surface area contributed by atoms with E-state index in [9.17, 15) is 0 Å². The van der Waals surface area contributed by atoms with Crippen molar-refractivity contribution in [2.75, 3.05) is 30.9 Å². The lowest BCUT2D eigenvalue weighted by Gasteiger charge is -2.30. The van der Waals surface area contributed by atoms with Crippen molar-refractivity contribution in [3.8, 4) is 0 Å². The molecule has 0 atom stereocenters. The molecule has 3 rings (SSSR count). The summed E-state index contributed by atoms with van der Waals surface area (Å²) in [4.78, 5) is 11.3. The third-order valence-electron chi connectivity index (χ3n) is 3.73. The zero-order valence-electron chi connectivity index (χ0n) is 10.9. The lowest BCUT2D eigenvalue weighted by molar-refractivity contribution is 0.321. The summed E-state index contributed by atoms with van der Waals surface area (Å²) < 4.78 is 2.02. The van der Waals surface area contributed by atoms with Crippen LogP contribution in [0.25, 0.3) is 5.65 Å². The highest BCUT2D eigenvalue weighted by Gasteiger charge is 2.21. The second kappa shape index (κ2) is 4.48. The fourth-order valence-corrected chi connectivity index (χ4v) is 2.44. The Labute approximate surface area is 107 Å². The molecule has 0 spiro atoms. The van der Waals surface area contributed by atoms with Crippen molar-refractivity contribution in [1.29, 1.82) is 0 Å². The van der Waals surface area contributed by atoms with Gasteiger partial charge in [0.1, 0.15) is 5.82 Å². The molecular weight excluding hydrogens is 226 g/mol. The van der Waals surface area contributed by atoms with Gasteiger partial charge < -0.3 is 14.6 Å². The van der Waals surface area contributed by atoms with E-state index >= 15 is 0 Å². The molecule has 1 N–H and O–H groups in total. The topological polar surface area (TPSA) is 45.5 Å². The number of hydrogen-bond acceptors (Lipinski definition) is 4. The van der Waals surface area contributed by atoms with Gasteiger partial charge in [-0.1, -0.05) is 6.42 Å². The van der Waals surface area contributed by atoms with Crippen LogP contribution in [-0.2, 0) is 0 Å². The summed E-state index contributed by atoms with van der Waals surface area (Å²) >= 11 is 0. The average Bonchev–Trinajstić information content (AvgIpc) is 2.80. The van der Waals surface area contributed by atoms with Gasteiger partial charge in [-0.3, -0.25) is 0 Å². The normalized spacial score (nSPS) is 15.7. The summed E-state index contributed by atoms with van der Waals surface area (Å²) in [7, 11) is 4.00. The van der Waals surface area contributed by atoms with E-state index in [1.807, 2.05) is 30.0 Å². The maximum atomic E-state index is 4.63. The van der Waals surface area contributed by atoms with Gasteiger partial charge in [-0.25, -0.2) is 9.97 Å². The number of nitrogens with zero attached hydrogens (tertiary/aromatic N) is 4. The molecular formula is C13H19N5. The van der Waals surface area contributed by atoms with E-state index in [0.717, 1.165) is 29.7 Å². The Hall–Kier alpha value is -1.78. The van der Waals surface area contributed by atoms with Crippen molar-refractivity contribution >= 4 is 17.3 Å². The predicted octanol–water partition coefficient (Wildman–Crippen LogP) is 2.01. The summed E-state index contributed by atoms with van der Waals surface area (Å²) in [5, 5.41) is 3.10. The molecule has 1 fully saturated rings. The fraction of sp³-hybridized carbons (Fsp3) is 0.538. The van der Waals surface area contributed by atoms with Crippen LogP contribution >= 0.6 is 0 Å². The molecule has 2 aromatic heterocycles. The number of hydrogen-bond donors (Lipinski definition) is 1. The summed E-state index contributed by atoms with van der Waals surface area (Å²) in [6.07, 6.45) is 9.81. The van der Waals surface area contributed by atoms with Gasteiger partial charge in [-0.15, -0.1) is 0 Å². The Balaban J connectivity index is 1.94. The molecule has 1 aliphatic carbocycles. The zero-order chi connectivity index (χ0) is 12.5. The largest absolute Gasteiger partial charge is 0.372 e. The SMILES string of the molecule is CNc1cn2ccnc2c(N(C)CC2CCC2)n1. The molecule has 5 heteroatoms. The van der Waals surface area contributed by atoms with Crippen molar-refractivity contribution < 1.29 is 0 Å². The first kappa shape index (κ1) is 11.3. The minimum Gasteiger partial charge on any atom is -0.372 e. The first-order valence-corrected chi connectivity index (χ1v) is 6.50. The van der Waals surface area contributed by atoms with Crippen LogP contribution in [0.15, 0.2) is 18.6 Å². The highest BCUT2D eigenvalue weighted by molar-refractivity contribution is 5.66. The van der Waals surface area contributed by atoms with Crippen LogP contribution in [0.1, 0.15) is 19.3 Å². The van der Waals surface area contributed by atoms with Gasteiger partial charge in [-0.2, -0.15) is 0 Å². The summed E-state index contributed by atoms with van der Waals surface area (Å²) in [6.45, 7) is 1.07. The third kappa shape index (κ3) is 1.89. The van der Waals surface area contributed by atoms with Gasteiger partial charge in [0.15, 0.2) is 11.5 Å². The van der Waals surface area contributed by atoms with Crippen LogP contribution < -0.4 is 10.2 Å². The second-order valence-electron chi connectivity index (χ2n) is 5.04. The Morgan fingerprint density at radius 3 is 3.00 bits per heavy atom. The van der Waals surface area contributed by atoms with E-state index in [4.69, 9.17) is 0 Å². The second-order valence-corrected chi connectivity index (χ2v) is 5.04. The average molecular weight is 245 g/mol. The number of aromatic nitrogens is 3. The van der Waals surface area contributed by atoms with Gasteiger partial charge in [0, 0.05) is 33.0 Å². The molecule has 2 heterocycles. The van der Waals surface area contributed by atoms with E-state index in [1.54, 1.807) is 0 Å². The summed E-state index contributed by atoms with van der Waals surface area (Å²) in [6, 6.07) is 0. The minimum atomic E-state index is 0.824. The van der Waals surface area contributed by atoms with E-state index in [0.29, 0.717) is 0 Å². The maximum absolute atomic E-state index is 4.63. The number of rotatable bonds is 4. The van der Waals surface area contributed by atoms with Crippen LogP contribution in [0.3, 0.4) is 0 Å². The minimum absolute atomic E-state index is 0.824. The van der Waals surface area contributed by atoms with Crippen molar-refractivity contribution in [3.05, 3.63) is 18.6 Å². The first-order valence-electron chi connectivity index (χ1n) is 6.50. The van der Waals surface area contributed by atoms with E-state index in [-0.39, 0.29) is 0 Å². The van der Waals surface area contributed by atoms with Gasteiger partial charge >= 0.3 is 0 Å². The lowest BCUT2D eigenvalue weighted by atomic mass is 9.85. The van der Waals surface area contributed by atoms with Crippen LogP contribution in [-0.4, -0.2) is 35.0 Å². The van der Waals surface area contributed by atoms with Crippen LogP contribution in [0, 0.1) is 5.92 Å². The van der Waals surface area contributed by atoms with Gasteiger partial charge in [-0.05, 0) is 18.8 Å². The van der Waals surface area contributed by atoms with Gasteiger partial charge in [0.2, 0.25) is 0 Å². The fourth-order valence-electron chi connectivity index (χ4n) is 2.44. The standard InChI is InChI=1S/C13H19N5/c1-14-11-9-18-7-6-15-12(18)13(16-11)17(2)8-10-4-3-5-10/h6-7,9-10,14H,3-5,8H2,1-2H3. The summed E-state index contributed by atoms with van der Waals surface area (Å²) in [5.74, 6) is 2.65. The molecule has 1 aliphatic rings. The Kier molecular flexibility index (Phi) is 2.81. The first-order chi connectivity index (χ1) is 8.78. The molecule has 5 nitrogen and oxygen atoms in total. The number of imidazole rings is 1. The van der Waals surface area contributed by atoms with E-state index < -0.39 is 0 Å². The van der Waals surface area contributed by atoms with Crippen LogP contribution in [0.5, 0.6) is 0 Å². The molecule has 18 heavy (non-hydrogen) atoms. The predicted molar refractivity (Wildman–Crippen MR) is 73.1 cm³/mol. The molecule has 0 amide bonds. The molecule has 0 radical (unpaired) electrons. The monoisotopic (exact) mass is 245 g/mol. The molecule has 2 aromatic rings. The van der Waals surface area contributed by atoms with Crippen molar-refractivity contribution in [3.63, 3.8) is 0 Å². The van der Waals surface area contributed by atoms with E-state index in [2.05, 4.69) is 27.2 Å². The van der Waals surface area contributed by atoms with Crippen molar-refractivity contribution in [2.45, 2.75) is 19.3 Å². The van der Waals surface area contributed by atoms with Crippen molar-refractivity contribution in [1.82, 2.24) is 14.4 Å². The Morgan fingerprint density at radius 1 is 1.50 bits per heavy atom. The molecule has 0 saturated heterocycles. The molecule has 0 aromatic carbocycles. The maximum Gasteiger partial charge on any atom is 0.180 e. The zero-order valence-corrected chi connectivity index (χ0v) is 10.9. The van der Waals surface area contributed by atoms with Crippen LogP contribution in [0.4, 0.5) is 11.6 Å². The number of nitrogens with one attached hydrogen (secondary N) is 1. The van der Waals surface area contributed by atoms with Crippen LogP contribution in [0.2, 0.25) is 0 Å². The summed E-state index contributed by atoms with van der Waals surface area (Å²) in [5.41, 5.74) is 0.927. The Bertz CT molecular complexity index is 543. The third-order valence-corrected chi connectivity index (χ3v) is 3.73. The van der Waals surface area contributed by atoms with Crippen molar-refractivity contribution in [2.24, 2.45) is 5.92 Å². The van der Waals surface area contributed by atoms with Gasteiger partial charge in [0.25, 0.3) is 0 Å². The lowest BCUT2D eigenvalue weighted by Crippen LogP contribution is -2.30. The number of anilines is 2. The van der Waals surface area contributed by atoms with E-state index in [1.165, 1.54) is 19.3 Å². The smallest absolute Gasteiger partial charge is 0.180 e. The molecule has 0 unspecified atom stereocenters. The number of fused-ring (bicyclic) bond motifs is 1. The highest BCUT2D eigenvalue weighted by Crippen LogP contribution is 2.29. The quantitative estimate of drug-likeness (QED) is 0.895. The highest BCUT2D eigenvalue weighted by atomic mass is 15.2.